The maximum atomic E-state index is 12.4. The maximum Gasteiger partial charge on any atom is 0.274 e. The Morgan fingerprint density at radius 2 is 1.96 bits per heavy atom. The molecule has 3 heterocycles. The molecule has 2 aliphatic rings. The zero-order valence-electron chi connectivity index (χ0n) is 13.9. The second-order valence-electron chi connectivity index (χ2n) is 6.10. The Labute approximate surface area is 141 Å². The number of aromatic nitrogens is 2. The van der Waals surface area contributed by atoms with E-state index in [1.54, 1.807) is 22.9 Å². The summed E-state index contributed by atoms with van der Waals surface area (Å²) in [5.41, 5.74) is 0.328. The van der Waals surface area contributed by atoms with Crippen LogP contribution in [0.2, 0.25) is 0 Å². The molecule has 1 aromatic heterocycles. The van der Waals surface area contributed by atoms with Gasteiger partial charge < -0.3 is 19.9 Å². The minimum absolute atomic E-state index is 0.0450. The molecular formula is C16H23N5O3. The van der Waals surface area contributed by atoms with Crippen LogP contribution in [0.3, 0.4) is 0 Å². The van der Waals surface area contributed by atoms with Gasteiger partial charge in [0.15, 0.2) is 0 Å². The van der Waals surface area contributed by atoms with Crippen molar-refractivity contribution in [1.29, 1.82) is 0 Å². The largest absolute Gasteiger partial charge is 0.376 e. The Kier molecular flexibility index (Phi) is 5.24. The Morgan fingerprint density at radius 3 is 2.54 bits per heavy atom. The SMILES string of the molecule is CC(=O)N1CCN(C(=O)c2cnc(NCC3CCCO3)cn2)CC1. The first-order chi connectivity index (χ1) is 11.6. The summed E-state index contributed by atoms with van der Waals surface area (Å²) in [6.45, 7) is 5.26. The number of carbonyl (C=O) groups is 2. The van der Waals surface area contributed by atoms with E-state index in [-0.39, 0.29) is 17.9 Å². The van der Waals surface area contributed by atoms with Gasteiger partial charge in [0, 0.05) is 46.3 Å². The predicted octanol–water partition coefficient (Wildman–Crippen LogP) is 0.372. The molecule has 1 N–H and O–H groups in total. The molecule has 130 valence electrons. The quantitative estimate of drug-likeness (QED) is 0.857. The average Bonchev–Trinajstić information content (AvgIpc) is 3.13. The van der Waals surface area contributed by atoms with Crippen molar-refractivity contribution in [2.45, 2.75) is 25.9 Å². The summed E-state index contributed by atoms with van der Waals surface area (Å²) in [5.74, 6) is 0.545. The second-order valence-corrected chi connectivity index (χ2v) is 6.10. The van der Waals surface area contributed by atoms with Crippen LogP contribution >= 0.6 is 0 Å². The van der Waals surface area contributed by atoms with Crippen LogP contribution in [-0.4, -0.2) is 77.0 Å². The minimum atomic E-state index is -0.142. The van der Waals surface area contributed by atoms with E-state index in [0.29, 0.717) is 44.2 Å². The summed E-state index contributed by atoms with van der Waals surface area (Å²) >= 11 is 0. The van der Waals surface area contributed by atoms with Crippen molar-refractivity contribution in [3.05, 3.63) is 18.1 Å². The molecule has 0 saturated carbocycles. The van der Waals surface area contributed by atoms with Gasteiger partial charge in [0.2, 0.25) is 5.91 Å². The van der Waals surface area contributed by atoms with Crippen LogP contribution in [0.15, 0.2) is 12.4 Å². The fourth-order valence-corrected chi connectivity index (χ4v) is 2.94. The third-order valence-electron chi connectivity index (χ3n) is 4.42. The van der Waals surface area contributed by atoms with Gasteiger partial charge in [-0.25, -0.2) is 9.97 Å². The first kappa shape index (κ1) is 16.6. The highest BCUT2D eigenvalue weighted by atomic mass is 16.5. The number of hydrogen-bond acceptors (Lipinski definition) is 6. The normalized spacial score (nSPS) is 21.0. The van der Waals surface area contributed by atoms with E-state index >= 15 is 0 Å². The number of nitrogens with one attached hydrogen (secondary N) is 1. The first-order valence-corrected chi connectivity index (χ1v) is 8.36. The Morgan fingerprint density at radius 1 is 1.21 bits per heavy atom. The summed E-state index contributed by atoms with van der Waals surface area (Å²) in [7, 11) is 0. The van der Waals surface area contributed by atoms with Gasteiger partial charge in [-0.2, -0.15) is 0 Å². The Bertz CT molecular complexity index is 578. The fraction of sp³-hybridized carbons (Fsp3) is 0.625. The lowest BCUT2D eigenvalue weighted by molar-refractivity contribution is -0.130. The molecule has 2 amide bonds. The molecule has 0 aromatic carbocycles. The summed E-state index contributed by atoms with van der Waals surface area (Å²) in [4.78, 5) is 35.7. The molecule has 2 saturated heterocycles. The summed E-state index contributed by atoms with van der Waals surface area (Å²) < 4.78 is 5.54. The smallest absolute Gasteiger partial charge is 0.274 e. The number of rotatable bonds is 4. The van der Waals surface area contributed by atoms with Gasteiger partial charge in [0.1, 0.15) is 11.5 Å². The number of nitrogens with zero attached hydrogens (tertiary/aromatic N) is 4. The van der Waals surface area contributed by atoms with Crippen molar-refractivity contribution in [3.8, 4) is 0 Å². The molecule has 0 bridgehead atoms. The number of amides is 2. The summed E-state index contributed by atoms with van der Waals surface area (Å²) in [5, 5.41) is 3.18. The lowest BCUT2D eigenvalue weighted by Gasteiger charge is -2.33. The summed E-state index contributed by atoms with van der Waals surface area (Å²) in [6, 6.07) is 0. The number of piperazine rings is 1. The van der Waals surface area contributed by atoms with Crippen molar-refractivity contribution >= 4 is 17.6 Å². The van der Waals surface area contributed by atoms with Gasteiger partial charge in [-0.3, -0.25) is 9.59 Å². The van der Waals surface area contributed by atoms with Crippen molar-refractivity contribution in [2.75, 3.05) is 44.6 Å². The standard InChI is InChI=1S/C16H23N5O3/c1-12(22)20-4-6-21(7-5-20)16(23)14-10-19-15(11-17-14)18-9-13-3-2-8-24-13/h10-11,13H,2-9H2,1H3,(H,18,19). The average molecular weight is 333 g/mol. The Balaban J connectivity index is 1.51. The van der Waals surface area contributed by atoms with Crippen LogP contribution in [0.1, 0.15) is 30.3 Å². The van der Waals surface area contributed by atoms with Gasteiger partial charge >= 0.3 is 0 Å². The lowest BCUT2D eigenvalue weighted by Crippen LogP contribution is -2.50. The molecule has 0 spiro atoms. The number of carbonyl (C=O) groups excluding carboxylic acids is 2. The molecule has 2 fully saturated rings. The monoisotopic (exact) mass is 333 g/mol. The van der Waals surface area contributed by atoms with Crippen LogP contribution in [0.4, 0.5) is 5.82 Å². The van der Waals surface area contributed by atoms with Gasteiger partial charge in [0.05, 0.1) is 18.5 Å². The summed E-state index contributed by atoms with van der Waals surface area (Å²) in [6.07, 6.45) is 5.46. The minimum Gasteiger partial charge on any atom is -0.376 e. The molecule has 0 aliphatic carbocycles. The zero-order chi connectivity index (χ0) is 16.9. The predicted molar refractivity (Wildman–Crippen MR) is 87.7 cm³/mol. The van der Waals surface area contributed by atoms with E-state index in [9.17, 15) is 9.59 Å². The molecule has 1 unspecified atom stereocenters. The molecule has 24 heavy (non-hydrogen) atoms. The first-order valence-electron chi connectivity index (χ1n) is 8.36. The highest BCUT2D eigenvalue weighted by Gasteiger charge is 2.24. The lowest BCUT2D eigenvalue weighted by atomic mass is 10.2. The topological polar surface area (TPSA) is 87.7 Å². The fourth-order valence-electron chi connectivity index (χ4n) is 2.94. The number of ether oxygens (including phenoxy) is 1. The zero-order valence-corrected chi connectivity index (χ0v) is 13.9. The van der Waals surface area contributed by atoms with Crippen molar-refractivity contribution < 1.29 is 14.3 Å². The van der Waals surface area contributed by atoms with Gasteiger partial charge in [-0.05, 0) is 12.8 Å². The van der Waals surface area contributed by atoms with E-state index < -0.39 is 0 Å². The van der Waals surface area contributed by atoms with Crippen molar-refractivity contribution in [2.24, 2.45) is 0 Å². The van der Waals surface area contributed by atoms with E-state index in [1.807, 2.05) is 0 Å². The molecular weight excluding hydrogens is 310 g/mol. The van der Waals surface area contributed by atoms with E-state index in [2.05, 4.69) is 15.3 Å². The van der Waals surface area contributed by atoms with Crippen molar-refractivity contribution in [3.63, 3.8) is 0 Å². The molecule has 1 aromatic rings. The molecule has 8 nitrogen and oxygen atoms in total. The van der Waals surface area contributed by atoms with E-state index in [4.69, 9.17) is 4.74 Å². The second kappa shape index (κ2) is 7.57. The van der Waals surface area contributed by atoms with Crippen LogP contribution in [0.25, 0.3) is 0 Å². The molecule has 1 atom stereocenters. The third-order valence-corrected chi connectivity index (χ3v) is 4.42. The van der Waals surface area contributed by atoms with Crippen LogP contribution in [0.5, 0.6) is 0 Å². The highest BCUT2D eigenvalue weighted by molar-refractivity contribution is 5.92. The molecule has 0 radical (unpaired) electrons. The molecule has 8 heteroatoms. The third kappa shape index (κ3) is 4.00. The van der Waals surface area contributed by atoms with Crippen molar-refractivity contribution in [1.82, 2.24) is 19.8 Å². The molecule has 2 aliphatic heterocycles. The van der Waals surface area contributed by atoms with Crippen LogP contribution < -0.4 is 5.32 Å². The van der Waals surface area contributed by atoms with Gasteiger partial charge in [-0.15, -0.1) is 0 Å². The molecule has 3 rings (SSSR count). The van der Waals surface area contributed by atoms with E-state index in [0.717, 1.165) is 19.4 Å². The van der Waals surface area contributed by atoms with Crippen LogP contribution in [0, 0.1) is 0 Å². The number of hydrogen-bond donors (Lipinski definition) is 1. The highest BCUT2D eigenvalue weighted by Crippen LogP contribution is 2.13. The Hall–Kier alpha value is -2.22. The number of anilines is 1. The van der Waals surface area contributed by atoms with Gasteiger partial charge in [-0.1, -0.05) is 0 Å². The maximum absolute atomic E-state index is 12.4. The van der Waals surface area contributed by atoms with E-state index in [1.165, 1.54) is 6.20 Å². The van der Waals surface area contributed by atoms with Crippen LogP contribution in [-0.2, 0) is 9.53 Å². The van der Waals surface area contributed by atoms with Gasteiger partial charge in [0.25, 0.3) is 5.91 Å².